The van der Waals surface area contributed by atoms with Crippen LogP contribution in [0.3, 0.4) is 0 Å². The number of hydrogen-bond acceptors (Lipinski definition) is 9. The van der Waals surface area contributed by atoms with Gasteiger partial charge in [0.15, 0.2) is 18.4 Å². The van der Waals surface area contributed by atoms with E-state index in [0.717, 1.165) is 16.7 Å². The van der Waals surface area contributed by atoms with Gasteiger partial charge in [-0.15, -0.1) is 6.58 Å². The summed E-state index contributed by atoms with van der Waals surface area (Å²) in [6, 6.07) is 30.2. The smallest absolute Gasteiger partial charge is 0.187 e. The Hall–Kier alpha value is -2.96. The zero-order valence-corrected chi connectivity index (χ0v) is 27.4. The van der Waals surface area contributed by atoms with E-state index in [0.29, 0.717) is 26.4 Å². The lowest BCUT2D eigenvalue weighted by molar-refractivity contribution is -0.342. The molecule has 0 spiro atoms. The summed E-state index contributed by atoms with van der Waals surface area (Å²) in [4.78, 5) is 0. The van der Waals surface area contributed by atoms with E-state index in [4.69, 9.17) is 42.6 Å². The minimum absolute atomic E-state index is 0.242. The highest BCUT2D eigenvalue weighted by Crippen LogP contribution is 2.40. The molecule has 3 saturated heterocycles. The van der Waals surface area contributed by atoms with E-state index in [9.17, 15) is 0 Å². The number of fused-ring (bicyclic) bond motifs is 1. The van der Waals surface area contributed by atoms with Crippen molar-refractivity contribution < 1.29 is 42.6 Å². The molecule has 0 saturated carbocycles. The van der Waals surface area contributed by atoms with Crippen molar-refractivity contribution in [2.45, 2.75) is 102 Å². The molecule has 0 N–H and O–H groups in total. The van der Waals surface area contributed by atoms with Gasteiger partial charge in [-0.25, -0.2) is 0 Å². The minimum atomic E-state index is -0.853. The Labute approximate surface area is 277 Å². The molecule has 0 amide bonds. The molecule has 252 valence electrons. The normalized spacial score (nSPS) is 31.7. The summed E-state index contributed by atoms with van der Waals surface area (Å²) >= 11 is 0. The van der Waals surface area contributed by atoms with Crippen LogP contribution in [0.2, 0.25) is 0 Å². The number of benzene rings is 3. The van der Waals surface area contributed by atoms with Crippen LogP contribution in [-0.4, -0.2) is 74.3 Å². The predicted octanol–water partition coefficient (Wildman–Crippen LogP) is 5.95. The Bertz CT molecular complexity index is 1370. The fourth-order valence-corrected chi connectivity index (χ4v) is 6.25. The topological polar surface area (TPSA) is 83.1 Å². The summed E-state index contributed by atoms with van der Waals surface area (Å²) in [5, 5.41) is 0. The molecular formula is C38H46O9. The van der Waals surface area contributed by atoms with Crippen molar-refractivity contribution in [3.8, 4) is 0 Å². The lowest BCUT2D eigenvalue weighted by Gasteiger charge is -2.46. The largest absolute Gasteiger partial charge is 0.368 e. The first kappa shape index (κ1) is 33.9. The Morgan fingerprint density at radius 2 is 1.21 bits per heavy atom. The van der Waals surface area contributed by atoms with Crippen LogP contribution in [0.15, 0.2) is 104 Å². The maximum atomic E-state index is 6.81. The second-order valence-corrected chi connectivity index (χ2v) is 12.6. The van der Waals surface area contributed by atoms with E-state index in [-0.39, 0.29) is 6.61 Å². The summed E-state index contributed by atoms with van der Waals surface area (Å²) in [5.74, 6) is -0.853. The van der Waals surface area contributed by atoms with Crippen molar-refractivity contribution in [1.29, 1.82) is 0 Å². The second-order valence-electron chi connectivity index (χ2n) is 12.6. The van der Waals surface area contributed by atoms with Gasteiger partial charge in [0.1, 0.15) is 36.6 Å². The highest BCUT2D eigenvalue weighted by molar-refractivity contribution is 5.15. The fourth-order valence-electron chi connectivity index (χ4n) is 6.25. The summed E-state index contributed by atoms with van der Waals surface area (Å²) < 4.78 is 58.0. The zero-order chi connectivity index (χ0) is 32.6. The van der Waals surface area contributed by atoms with Crippen LogP contribution in [0.5, 0.6) is 0 Å². The van der Waals surface area contributed by atoms with Gasteiger partial charge >= 0.3 is 0 Å². The first-order valence-electron chi connectivity index (χ1n) is 16.4. The van der Waals surface area contributed by atoms with Gasteiger partial charge in [-0.05, 0) is 37.5 Å². The van der Waals surface area contributed by atoms with E-state index in [1.54, 1.807) is 6.08 Å². The van der Waals surface area contributed by atoms with Crippen molar-refractivity contribution in [1.82, 2.24) is 0 Å². The second kappa shape index (κ2) is 16.0. The minimum Gasteiger partial charge on any atom is -0.368 e. The van der Waals surface area contributed by atoms with Crippen molar-refractivity contribution in [3.05, 3.63) is 120 Å². The predicted molar refractivity (Wildman–Crippen MR) is 174 cm³/mol. The number of hydrogen-bond donors (Lipinski definition) is 0. The highest BCUT2D eigenvalue weighted by Gasteiger charge is 2.57. The third-order valence-electron chi connectivity index (χ3n) is 8.50. The average molecular weight is 647 g/mol. The summed E-state index contributed by atoms with van der Waals surface area (Å²) in [7, 11) is 0. The molecule has 0 bridgehead atoms. The van der Waals surface area contributed by atoms with Crippen LogP contribution in [0.4, 0.5) is 0 Å². The van der Waals surface area contributed by atoms with E-state index in [1.165, 1.54) is 0 Å². The molecule has 0 radical (unpaired) electrons. The number of rotatable bonds is 14. The van der Waals surface area contributed by atoms with Gasteiger partial charge in [-0.3, -0.25) is 0 Å². The van der Waals surface area contributed by atoms with Crippen LogP contribution in [0, 0.1) is 0 Å². The van der Waals surface area contributed by atoms with Gasteiger partial charge in [-0.1, -0.05) is 97.1 Å². The molecular weight excluding hydrogens is 600 g/mol. The van der Waals surface area contributed by atoms with E-state index >= 15 is 0 Å². The molecule has 9 atom stereocenters. The van der Waals surface area contributed by atoms with Gasteiger partial charge < -0.3 is 42.6 Å². The van der Waals surface area contributed by atoms with Crippen molar-refractivity contribution in [2.75, 3.05) is 13.2 Å². The Balaban J connectivity index is 1.26. The zero-order valence-electron chi connectivity index (χ0n) is 27.4. The molecule has 9 nitrogen and oxygen atoms in total. The lowest BCUT2D eigenvalue weighted by atomic mass is 9.98. The van der Waals surface area contributed by atoms with E-state index in [1.807, 2.05) is 112 Å². The molecule has 6 rings (SSSR count). The summed E-state index contributed by atoms with van der Waals surface area (Å²) in [5.41, 5.74) is 3.12. The summed E-state index contributed by atoms with van der Waals surface area (Å²) in [6.07, 6.45) is -3.29. The third kappa shape index (κ3) is 8.75. The Kier molecular flexibility index (Phi) is 11.5. The molecule has 0 aliphatic carbocycles. The molecule has 3 aromatic rings. The van der Waals surface area contributed by atoms with Crippen molar-refractivity contribution in [3.63, 3.8) is 0 Å². The monoisotopic (exact) mass is 646 g/mol. The molecule has 9 heteroatoms. The molecule has 3 fully saturated rings. The Morgan fingerprint density at radius 1 is 0.681 bits per heavy atom. The van der Waals surface area contributed by atoms with Crippen LogP contribution in [-0.2, 0) is 62.5 Å². The maximum Gasteiger partial charge on any atom is 0.187 e. The lowest BCUT2D eigenvalue weighted by Crippen LogP contribution is -2.62. The average Bonchev–Trinajstić information content (AvgIpc) is 3.43. The van der Waals surface area contributed by atoms with E-state index < -0.39 is 61.1 Å². The van der Waals surface area contributed by atoms with Crippen molar-refractivity contribution >= 4 is 0 Å². The van der Waals surface area contributed by atoms with Gasteiger partial charge in [0.05, 0.1) is 39.1 Å². The molecule has 47 heavy (non-hydrogen) atoms. The van der Waals surface area contributed by atoms with Gasteiger partial charge in [0, 0.05) is 0 Å². The quantitative estimate of drug-likeness (QED) is 0.197. The van der Waals surface area contributed by atoms with Gasteiger partial charge in [0.2, 0.25) is 0 Å². The molecule has 3 heterocycles. The van der Waals surface area contributed by atoms with Crippen molar-refractivity contribution in [2.24, 2.45) is 0 Å². The van der Waals surface area contributed by atoms with Crippen LogP contribution in [0.25, 0.3) is 0 Å². The van der Waals surface area contributed by atoms with Crippen LogP contribution >= 0.6 is 0 Å². The van der Waals surface area contributed by atoms with Crippen LogP contribution < -0.4 is 0 Å². The Morgan fingerprint density at radius 3 is 1.79 bits per heavy atom. The molecule has 0 aromatic heterocycles. The first-order valence-corrected chi connectivity index (χ1v) is 16.4. The standard InChI is InChI=1S/C38H46O9/c1-5-21-39-37-35-33(46-38(3,4)47-35)31(26(2)44-37)45-36-34(42-24-29-19-13-8-14-20-29)32(41-23-28-17-11-7-12-18-28)30(25-43-36)40-22-27-15-9-6-10-16-27/h5-20,26,30-37H,1,21-25H2,2-4H3/t26-,30-,31+,32?,33?,34?,35?,36+,37-/m1/s1. The third-order valence-corrected chi connectivity index (χ3v) is 8.50. The molecule has 4 unspecified atom stereocenters. The molecule has 3 aromatic carbocycles. The summed E-state index contributed by atoms with van der Waals surface area (Å²) in [6.45, 7) is 11.1. The molecule has 3 aliphatic rings. The highest BCUT2D eigenvalue weighted by atomic mass is 16.8. The maximum absolute atomic E-state index is 6.81. The fraction of sp³-hybridized carbons (Fsp3) is 0.474. The SMILES string of the molecule is C=CCO[C@@H]1O[C@H](C)[C@H](O[C@@H]2OC[C@@H](OCc3ccccc3)C(OCc3ccccc3)C2OCc2ccccc2)C2OC(C)(C)OC21. The van der Waals surface area contributed by atoms with Crippen LogP contribution in [0.1, 0.15) is 37.5 Å². The number of ether oxygens (including phenoxy) is 9. The van der Waals surface area contributed by atoms with Gasteiger partial charge in [-0.2, -0.15) is 0 Å². The molecule has 3 aliphatic heterocycles. The van der Waals surface area contributed by atoms with E-state index in [2.05, 4.69) is 6.58 Å². The first-order chi connectivity index (χ1) is 22.9. The van der Waals surface area contributed by atoms with Gasteiger partial charge in [0.25, 0.3) is 0 Å².